The second-order valence-electron chi connectivity index (χ2n) is 5.23. The molecule has 3 nitrogen and oxygen atoms in total. The fourth-order valence-electron chi connectivity index (χ4n) is 2.67. The summed E-state index contributed by atoms with van der Waals surface area (Å²) in [5.74, 6) is 0. The second-order valence-corrected chi connectivity index (χ2v) is 5.23. The van der Waals surface area contributed by atoms with Gasteiger partial charge in [0.15, 0.2) is 0 Å². The van der Waals surface area contributed by atoms with Gasteiger partial charge in [0.1, 0.15) is 0 Å². The van der Waals surface area contributed by atoms with Crippen molar-refractivity contribution in [3.63, 3.8) is 0 Å². The molecular formula is C15H25N3. The van der Waals surface area contributed by atoms with Gasteiger partial charge in [-0.3, -0.25) is 9.88 Å². The van der Waals surface area contributed by atoms with Crippen molar-refractivity contribution in [3.05, 3.63) is 30.1 Å². The van der Waals surface area contributed by atoms with Crippen LogP contribution in [0, 0.1) is 0 Å². The Balaban J connectivity index is 1.82. The zero-order valence-electron chi connectivity index (χ0n) is 11.6. The predicted octanol–water partition coefficient (Wildman–Crippen LogP) is 2.61. The predicted molar refractivity (Wildman–Crippen MR) is 75.5 cm³/mol. The van der Waals surface area contributed by atoms with Gasteiger partial charge >= 0.3 is 0 Å². The van der Waals surface area contributed by atoms with E-state index in [9.17, 15) is 0 Å². The molecule has 0 aromatic carbocycles. The Labute approximate surface area is 111 Å². The lowest BCUT2D eigenvalue weighted by Gasteiger charge is -2.36. The van der Waals surface area contributed by atoms with Crippen molar-refractivity contribution in [2.45, 2.75) is 45.2 Å². The molecule has 0 spiro atoms. The summed E-state index contributed by atoms with van der Waals surface area (Å²) in [5, 5.41) is 3.63. The summed E-state index contributed by atoms with van der Waals surface area (Å²) in [4.78, 5) is 6.79. The van der Waals surface area contributed by atoms with Crippen molar-refractivity contribution >= 4 is 0 Å². The summed E-state index contributed by atoms with van der Waals surface area (Å²) in [7, 11) is 0. The average Bonchev–Trinajstić information content (AvgIpc) is 2.46. The molecule has 1 atom stereocenters. The van der Waals surface area contributed by atoms with Gasteiger partial charge in [-0.05, 0) is 44.4 Å². The van der Waals surface area contributed by atoms with Crippen molar-refractivity contribution in [1.82, 2.24) is 15.2 Å². The molecule has 0 aliphatic carbocycles. The number of nitrogens with one attached hydrogen (secondary N) is 1. The monoisotopic (exact) mass is 247 g/mol. The molecular weight excluding hydrogens is 222 g/mol. The van der Waals surface area contributed by atoms with E-state index >= 15 is 0 Å². The van der Waals surface area contributed by atoms with Gasteiger partial charge in [-0.25, -0.2) is 0 Å². The Morgan fingerprint density at radius 1 is 1.44 bits per heavy atom. The van der Waals surface area contributed by atoms with E-state index < -0.39 is 0 Å². The Hall–Kier alpha value is -0.930. The first-order valence-electron chi connectivity index (χ1n) is 7.18. The topological polar surface area (TPSA) is 28.2 Å². The molecule has 1 fully saturated rings. The number of aromatic nitrogens is 1. The zero-order valence-corrected chi connectivity index (χ0v) is 11.6. The maximum Gasteiger partial charge on any atom is 0.0335 e. The van der Waals surface area contributed by atoms with Crippen LogP contribution in [-0.2, 0) is 0 Å². The minimum Gasteiger partial charge on any atom is -0.314 e. The number of nitrogens with zero attached hydrogens (tertiary/aromatic N) is 2. The summed E-state index contributed by atoms with van der Waals surface area (Å²) in [6, 6.07) is 5.42. The van der Waals surface area contributed by atoms with E-state index in [4.69, 9.17) is 0 Å². The van der Waals surface area contributed by atoms with E-state index in [-0.39, 0.29) is 0 Å². The third kappa shape index (κ3) is 3.53. The molecule has 1 aromatic rings. The van der Waals surface area contributed by atoms with Gasteiger partial charge < -0.3 is 5.32 Å². The highest BCUT2D eigenvalue weighted by Crippen LogP contribution is 2.23. The molecule has 100 valence electrons. The largest absolute Gasteiger partial charge is 0.314 e. The lowest BCUT2D eigenvalue weighted by Crippen LogP contribution is -2.43. The molecule has 18 heavy (non-hydrogen) atoms. The van der Waals surface area contributed by atoms with Crippen LogP contribution >= 0.6 is 0 Å². The number of hydrogen-bond acceptors (Lipinski definition) is 3. The Bertz CT molecular complexity index is 331. The summed E-state index contributed by atoms with van der Waals surface area (Å²) in [6.07, 6.45) is 7.60. The minimum atomic E-state index is 0.492. The maximum atomic E-state index is 4.22. The molecule has 1 unspecified atom stereocenters. The zero-order chi connectivity index (χ0) is 12.8. The van der Waals surface area contributed by atoms with Crippen LogP contribution in [0.25, 0.3) is 0 Å². The molecule has 0 radical (unpaired) electrons. The molecule has 1 aromatic heterocycles. The molecule has 1 saturated heterocycles. The molecule has 1 aliphatic heterocycles. The van der Waals surface area contributed by atoms with Crippen LogP contribution in [0.1, 0.15) is 44.7 Å². The quantitative estimate of drug-likeness (QED) is 0.867. The van der Waals surface area contributed by atoms with Crippen LogP contribution < -0.4 is 5.32 Å². The van der Waals surface area contributed by atoms with Crippen molar-refractivity contribution in [2.24, 2.45) is 0 Å². The highest BCUT2D eigenvalue weighted by Gasteiger charge is 2.22. The number of piperidine rings is 1. The third-order valence-corrected chi connectivity index (χ3v) is 3.93. The standard InChI is InChI=1S/C15H25N3/c1-3-8-17-15-6-10-18(11-7-15)13(2)14-5-4-9-16-12-14/h4-5,9,12-13,15,17H,3,6-8,10-11H2,1-2H3. The lowest BCUT2D eigenvalue weighted by molar-refractivity contribution is 0.152. The van der Waals surface area contributed by atoms with Crippen LogP contribution in [-0.4, -0.2) is 35.6 Å². The van der Waals surface area contributed by atoms with Crippen LogP contribution in [0.5, 0.6) is 0 Å². The van der Waals surface area contributed by atoms with E-state index in [2.05, 4.69) is 35.1 Å². The second kappa shape index (κ2) is 6.86. The Morgan fingerprint density at radius 2 is 2.22 bits per heavy atom. The first-order valence-corrected chi connectivity index (χ1v) is 7.18. The number of likely N-dealkylation sites (tertiary alicyclic amines) is 1. The van der Waals surface area contributed by atoms with Crippen LogP contribution in [0.4, 0.5) is 0 Å². The van der Waals surface area contributed by atoms with Gasteiger partial charge in [0.05, 0.1) is 0 Å². The normalized spacial score (nSPS) is 19.9. The Kier molecular flexibility index (Phi) is 5.14. The smallest absolute Gasteiger partial charge is 0.0335 e. The maximum absolute atomic E-state index is 4.22. The summed E-state index contributed by atoms with van der Waals surface area (Å²) >= 11 is 0. The van der Waals surface area contributed by atoms with Gasteiger partial charge in [0, 0.05) is 37.6 Å². The number of rotatable bonds is 5. The van der Waals surface area contributed by atoms with E-state index in [0.717, 1.165) is 12.6 Å². The van der Waals surface area contributed by atoms with E-state index in [1.807, 2.05) is 18.5 Å². The molecule has 1 N–H and O–H groups in total. The van der Waals surface area contributed by atoms with E-state index in [1.165, 1.54) is 37.9 Å². The lowest BCUT2D eigenvalue weighted by atomic mass is 10.0. The first kappa shape index (κ1) is 13.5. The third-order valence-electron chi connectivity index (χ3n) is 3.93. The Morgan fingerprint density at radius 3 is 2.83 bits per heavy atom. The summed E-state index contributed by atoms with van der Waals surface area (Å²) < 4.78 is 0. The van der Waals surface area contributed by atoms with Crippen molar-refractivity contribution in [3.8, 4) is 0 Å². The molecule has 1 aliphatic rings. The number of hydrogen-bond donors (Lipinski definition) is 1. The fraction of sp³-hybridized carbons (Fsp3) is 0.667. The van der Waals surface area contributed by atoms with Crippen molar-refractivity contribution < 1.29 is 0 Å². The molecule has 0 saturated carbocycles. The molecule has 0 amide bonds. The first-order chi connectivity index (χ1) is 8.81. The van der Waals surface area contributed by atoms with E-state index in [0.29, 0.717) is 6.04 Å². The molecule has 3 heteroatoms. The molecule has 0 bridgehead atoms. The summed E-state index contributed by atoms with van der Waals surface area (Å²) in [5.41, 5.74) is 1.33. The van der Waals surface area contributed by atoms with Crippen molar-refractivity contribution in [2.75, 3.05) is 19.6 Å². The SMILES string of the molecule is CCCNC1CCN(C(C)c2cccnc2)CC1. The van der Waals surface area contributed by atoms with Crippen molar-refractivity contribution in [1.29, 1.82) is 0 Å². The van der Waals surface area contributed by atoms with Gasteiger partial charge in [0.25, 0.3) is 0 Å². The highest BCUT2D eigenvalue weighted by molar-refractivity contribution is 5.13. The summed E-state index contributed by atoms with van der Waals surface area (Å²) in [6.45, 7) is 8.06. The van der Waals surface area contributed by atoms with Crippen LogP contribution in [0.15, 0.2) is 24.5 Å². The number of pyridine rings is 1. The minimum absolute atomic E-state index is 0.492. The van der Waals surface area contributed by atoms with Gasteiger partial charge in [-0.1, -0.05) is 13.0 Å². The highest BCUT2D eigenvalue weighted by atomic mass is 15.2. The van der Waals surface area contributed by atoms with Crippen LogP contribution in [0.3, 0.4) is 0 Å². The van der Waals surface area contributed by atoms with E-state index in [1.54, 1.807) is 0 Å². The average molecular weight is 247 g/mol. The molecule has 2 rings (SSSR count). The fourth-order valence-corrected chi connectivity index (χ4v) is 2.67. The molecule has 2 heterocycles. The van der Waals surface area contributed by atoms with Gasteiger partial charge in [-0.15, -0.1) is 0 Å². The van der Waals surface area contributed by atoms with Gasteiger partial charge in [0.2, 0.25) is 0 Å². The van der Waals surface area contributed by atoms with Crippen LogP contribution in [0.2, 0.25) is 0 Å². The van der Waals surface area contributed by atoms with Gasteiger partial charge in [-0.2, -0.15) is 0 Å².